The predicted molar refractivity (Wildman–Crippen MR) is 229 cm³/mol. The minimum Gasteiger partial charge on any atom is -0.493 e. The van der Waals surface area contributed by atoms with Crippen molar-refractivity contribution in [3.05, 3.63) is 94.2 Å². The zero-order valence-corrected chi connectivity index (χ0v) is 34.7. The number of nitrogens with one attached hydrogen (secondary N) is 1. The van der Waals surface area contributed by atoms with E-state index in [1.165, 1.54) is 6.33 Å². The molecule has 1 atom stereocenters. The van der Waals surface area contributed by atoms with Gasteiger partial charge in [0.1, 0.15) is 23.6 Å². The van der Waals surface area contributed by atoms with Crippen molar-refractivity contribution in [1.82, 2.24) is 39.1 Å². The first-order valence-electron chi connectivity index (χ1n) is 21.3. The second-order valence-corrected chi connectivity index (χ2v) is 16.9. The van der Waals surface area contributed by atoms with Crippen LogP contribution in [0.25, 0.3) is 16.9 Å². The van der Waals surface area contributed by atoms with Crippen molar-refractivity contribution in [3.8, 4) is 22.9 Å². The molecule has 0 spiro atoms. The number of hydrogen-bond acceptors (Lipinski definition) is 13. The molecule has 17 nitrogen and oxygen atoms in total. The number of carbonyl (C=O) groups excluding carboxylic acids is 4. The second-order valence-electron chi connectivity index (χ2n) is 16.9. The summed E-state index contributed by atoms with van der Waals surface area (Å²) in [4.78, 5) is 82.3. The van der Waals surface area contributed by atoms with E-state index in [-0.39, 0.29) is 36.0 Å². The Morgan fingerprint density at radius 1 is 0.726 bits per heavy atom. The highest BCUT2D eigenvalue weighted by molar-refractivity contribution is 6.23. The number of hydrogen-bond donors (Lipinski definition) is 2. The smallest absolute Gasteiger partial charge is 0.335 e. The number of nitrogens with zero attached hydrogens (tertiary/aromatic N) is 8. The van der Waals surface area contributed by atoms with Gasteiger partial charge in [0.15, 0.2) is 23.0 Å². The number of benzene rings is 3. The number of piperidine rings is 3. The highest BCUT2D eigenvalue weighted by atomic mass is 16.5. The number of imidazole rings is 1. The number of aryl methyl sites for hydroxylation is 1. The number of nitrogen functional groups attached to an aromatic ring is 1. The third-order valence-corrected chi connectivity index (χ3v) is 13.4. The summed E-state index contributed by atoms with van der Waals surface area (Å²) in [6, 6.07) is 18.2. The first-order valence-corrected chi connectivity index (χ1v) is 21.3. The summed E-state index contributed by atoms with van der Waals surface area (Å²) in [6.45, 7) is 7.37. The number of aromatic nitrogens is 4. The van der Waals surface area contributed by atoms with Crippen molar-refractivity contribution >= 4 is 46.3 Å². The van der Waals surface area contributed by atoms with E-state index in [1.54, 1.807) is 40.5 Å². The quantitative estimate of drug-likeness (QED) is 0.205. The average Bonchev–Trinajstić information content (AvgIpc) is 3.70. The highest BCUT2D eigenvalue weighted by Gasteiger charge is 2.45. The van der Waals surface area contributed by atoms with Crippen LogP contribution in [-0.4, -0.2) is 122 Å². The van der Waals surface area contributed by atoms with Gasteiger partial charge >= 0.3 is 5.69 Å². The molecule has 3 aromatic carbocycles. The Morgan fingerprint density at radius 3 is 2.11 bits per heavy atom. The molecule has 10 rings (SSSR count). The maximum atomic E-state index is 14.4. The number of ether oxygens (including phenoxy) is 2. The van der Waals surface area contributed by atoms with Crippen molar-refractivity contribution in [2.24, 2.45) is 0 Å². The Bertz CT molecular complexity index is 2670. The van der Waals surface area contributed by atoms with Crippen molar-refractivity contribution in [2.45, 2.75) is 69.6 Å². The molecule has 3 N–H and O–H groups in total. The van der Waals surface area contributed by atoms with Crippen LogP contribution in [0.1, 0.15) is 70.8 Å². The van der Waals surface area contributed by atoms with Gasteiger partial charge in [-0.25, -0.2) is 14.8 Å². The fraction of sp³-hybridized carbons (Fsp3) is 0.400. The monoisotopic (exact) mass is 840 g/mol. The molecular formula is C45H48N10O7. The summed E-state index contributed by atoms with van der Waals surface area (Å²) in [7, 11) is 1.57. The molecule has 0 saturated carbocycles. The minimum absolute atomic E-state index is 0.0583. The number of nitrogens with two attached hydrogens (primary N) is 1. The molecule has 5 aromatic rings. The van der Waals surface area contributed by atoms with Crippen LogP contribution in [0.5, 0.6) is 17.2 Å². The number of methoxy groups -OCH3 is 1. The van der Waals surface area contributed by atoms with Crippen LogP contribution in [-0.2, 0) is 9.59 Å². The molecule has 7 heterocycles. The third kappa shape index (κ3) is 6.84. The second kappa shape index (κ2) is 15.7. The zero-order chi connectivity index (χ0) is 42.8. The normalized spacial score (nSPS) is 20.8. The lowest BCUT2D eigenvalue weighted by molar-refractivity contribution is -0.136. The molecule has 2 aromatic heterocycles. The Labute approximate surface area is 357 Å². The molecule has 0 bridgehead atoms. The van der Waals surface area contributed by atoms with Gasteiger partial charge in [0.2, 0.25) is 11.8 Å². The van der Waals surface area contributed by atoms with Gasteiger partial charge in [-0.05, 0) is 81.5 Å². The molecule has 0 radical (unpaired) electrons. The molecule has 4 saturated heterocycles. The van der Waals surface area contributed by atoms with Crippen molar-refractivity contribution in [2.75, 3.05) is 57.0 Å². The fourth-order valence-electron chi connectivity index (χ4n) is 9.93. The van der Waals surface area contributed by atoms with Gasteiger partial charge in [0, 0.05) is 75.6 Å². The lowest BCUT2D eigenvalue weighted by atomic mass is 9.95. The van der Waals surface area contributed by atoms with Crippen molar-refractivity contribution < 1.29 is 28.7 Å². The van der Waals surface area contributed by atoms with Crippen molar-refractivity contribution in [1.29, 1.82) is 0 Å². The van der Waals surface area contributed by atoms with Crippen LogP contribution in [0.3, 0.4) is 0 Å². The fourth-order valence-corrected chi connectivity index (χ4v) is 9.93. The molecule has 4 amide bonds. The van der Waals surface area contributed by atoms with Crippen LogP contribution >= 0.6 is 0 Å². The molecule has 62 heavy (non-hydrogen) atoms. The molecular weight excluding hydrogens is 793 g/mol. The van der Waals surface area contributed by atoms with Crippen LogP contribution < -0.4 is 31.1 Å². The van der Waals surface area contributed by atoms with Gasteiger partial charge in [-0.15, -0.1) is 0 Å². The van der Waals surface area contributed by atoms with Crippen LogP contribution in [0.2, 0.25) is 0 Å². The van der Waals surface area contributed by atoms with Gasteiger partial charge in [-0.2, -0.15) is 0 Å². The summed E-state index contributed by atoms with van der Waals surface area (Å²) in [5, 5.41) is 2.25. The number of anilines is 2. The molecule has 4 fully saturated rings. The lowest BCUT2D eigenvalue weighted by Gasteiger charge is -2.50. The largest absolute Gasteiger partial charge is 0.493 e. The average molecular weight is 841 g/mol. The van der Waals surface area contributed by atoms with Gasteiger partial charge in [0.25, 0.3) is 11.8 Å². The number of amides is 4. The maximum Gasteiger partial charge on any atom is 0.335 e. The minimum atomic E-state index is -0.981. The summed E-state index contributed by atoms with van der Waals surface area (Å²) >= 11 is 0. The molecule has 1 unspecified atom stereocenters. The molecule has 17 heteroatoms. The van der Waals surface area contributed by atoms with E-state index < -0.39 is 29.7 Å². The van der Waals surface area contributed by atoms with E-state index in [9.17, 15) is 24.0 Å². The molecule has 320 valence electrons. The standard InChI is InChI=1S/C45H48N10O7/c1-26-3-7-32(8-4-26)62-36-11-6-30(22-37(36)61-2)53-39-40(46)47-25-48-41(39)54(45(53)60)28-15-19-50(20-16-28)27-13-17-51(18-14-27)31-23-52(24-31)29-5-9-33-34(21-29)44(59)55(43(33)58)35-10-12-38(56)49-42(35)57/h3-9,11,21-22,25,27-28,31,35H,10,12-20,23-24H2,1-2H3,(H2,46,47,48)(H,49,56,57). The molecule has 5 aliphatic rings. The Hall–Kier alpha value is -6.59. The molecule has 5 aliphatic heterocycles. The Balaban J connectivity index is 0.758. The summed E-state index contributed by atoms with van der Waals surface area (Å²) in [6.07, 6.45) is 5.34. The van der Waals surface area contributed by atoms with Gasteiger partial charge < -0.3 is 25.0 Å². The van der Waals surface area contributed by atoms with Crippen LogP contribution in [0, 0.1) is 6.92 Å². The maximum absolute atomic E-state index is 14.4. The highest BCUT2D eigenvalue weighted by Crippen LogP contribution is 2.37. The zero-order valence-electron chi connectivity index (χ0n) is 34.7. The lowest BCUT2D eigenvalue weighted by Crippen LogP contribution is -2.62. The van der Waals surface area contributed by atoms with Gasteiger partial charge in [0.05, 0.1) is 23.9 Å². The summed E-state index contributed by atoms with van der Waals surface area (Å²) in [5.74, 6) is -0.109. The Morgan fingerprint density at radius 2 is 1.40 bits per heavy atom. The van der Waals surface area contributed by atoms with E-state index in [2.05, 4.69) is 30.0 Å². The number of carbonyl (C=O) groups is 4. The van der Waals surface area contributed by atoms with E-state index in [1.807, 2.05) is 43.3 Å². The SMILES string of the molecule is COc1cc(-n2c(=O)n(C3CCN(C4CCN(C5CN(c6ccc7c(c6)C(=O)N(C6CCC(=O)NC6=O)C7=O)C5)CC4)CC3)c3ncnc(N)c32)ccc1Oc1ccc(C)cc1. The topological polar surface area (TPSA) is 190 Å². The van der Waals surface area contributed by atoms with Gasteiger partial charge in [-0.3, -0.25) is 43.4 Å². The van der Waals surface area contributed by atoms with E-state index in [0.717, 1.165) is 81.1 Å². The van der Waals surface area contributed by atoms with Gasteiger partial charge in [-0.1, -0.05) is 17.7 Å². The summed E-state index contributed by atoms with van der Waals surface area (Å²) in [5.41, 5.74) is 10.4. The first-order chi connectivity index (χ1) is 30.1. The number of rotatable bonds is 9. The predicted octanol–water partition coefficient (Wildman–Crippen LogP) is 3.67. The number of fused-ring (bicyclic) bond motifs is 2. The Kier molecular flexibility index (Phi) is 10.0. The van der Waals surface area contributed by atoms with E-state index in [4.69, 9.17) is 15.2 Å². The number of imide groups is 2. The summed E-state index contributed by atoms with van der Waals surface area (Å²) < 4.78 is 15.2. The molecule has 0 aliphatic carbocycles. The van der Waals surface area contributed by atoms with E-state index >= 15 is 0 Å². The third-order valence-electron chi connectivity index (χ3n) is 13.4. The van der Waals surface area contributed by atoms with Crippen LogP contribution in [0.15, 0.2) is 71.8 Å². The van der Waals surface area contributed by atoms with E-state index in [0.29, 0.717) is 51.7 Å². The van der Waals surface area contributed by atoms with Crippen molar-refractivity contribution in [3.63, 3.8) is 0 Å². The number of likely N-dealkylation sites (tertiary alicyclic amines) is 2. The van der Waals surface area contributed by atoms with Crippen LogP contribution in [0.4, 0.5) is 11.5 Å². The first kappa shape index (κ1) is 39.5.